The fourth-order valence-electron chi connectivity index (χ4n) is 3.06. The molecule has 3 rings (SSSR count). The zero-order chi connectivity index (χ0) is 21.3. The highest BCUT2D eigenvalue weighted by Gasteiger charge is 2.03. The lowest BCUT2D eigenvalue weighted by atomic mass is 10.1. The molecule has 0 saturated heterocycles. The second-order valence-electron chi connectivity index (χ2n) is 6.57. The maximum Gasteiger partial charge on any atom is 0.161 e. The molecule has 0 N–H and O–H groups in total. The van der Waals surface area contributed by atoms with Crippen LogP contribution in [-0.4, -0.2) is 28.4 Å². The van der Waals surface area contributed by atoms with Crippen LogP contribution in [0.25, 0.3) is 24.3 Å². The minimum Gasteiger partial charge on any atom is -0.493 e. The number of rotatable bonds is 8. The van der Waals surface area contributed by atoms with Gasteiger partial charge in [-0.2, -0.15) is 0 Å². The Morgan fingerprint density at radius 1 is 0.433 bits per heavy atom. The molecule has 0 unspecified atom stereocenters. The van der Waals surface area contributed by atoms with E-state index in [4.69, 9.17) is 18.9 Å². The Morgan fingerprint density at radius 3 is 1.17 bits per heavy atom. The van der Waals surface area contributed by atoms with Gasteiger partial charge in [-0.05, 0) is 52.6 Å². The van der Waals surface area contributed by atoms with Crippen molar-refractivity contribution in [1.82, 2.24) is 0 Å². The Hall–Kier alpha value is -3.66. The summed E-state index contributed by atoms with van der Waals surface area (Å²) in [5.74, 6) is 2.87. The van der Waals surface area contributed by atoms with Crippen molar-refractivity contribution >= 4 is 24.3 Å². The van der Waals surface area contributed by atoms with Crippen LogP contribution in [0.4, 0.5) is 0 Å². The first-order chi connectivity index (χ1) is 14.7. The fourth-order valence-corrected chi connectivity index (χ4v) is 3.06. The summed E-state index contributed by atoms with van der Waals surface area (Å²) in [6, 6.07) is 20.0. The largest absolute Gasteiger partial charge is 0.493 e. The van der Waals surface area contributed by atoms with Crippen molar-refractivity contribution in [2.75, 3.05) is 28.4 Å². The Kier molecular flexibility index (Phi) is 7.17. The van der Waals surface area contributed by atoms with Crippen LogP contribution in [0.5, 0.6) is 23.0 Å². The lowest BCUT2D eigenvalue weighted by molar-refractivity contribution is 0.355. The Balaban J connectivity index is 1.76. The maximum atomic E-state index is 5.37. The standard InChI is InChI=1S/C26H26O4/c1-27-23-14-12-21(17-25(23)29-3)10-8-19-6-5-7-20(16-19)9-11-22-13-15-24(28-2)26(18-22)30-4/h5-18H,1-4H3. The molecule has 0 aromatic heterocycles. The second-order valence-corrected chi connectivity index (χ2v) is 6.57. The van der Waals surface area contributed by atoms with E-state index in [1.807, 2.05) is 42.5 Å². The van der Waals surface area contributed by atoms with E-state index in [1.165, 1.54) is 0 Å². The summed E-state index contributed by atoms with van der Waals surface area (Å²) in [5, 5.41) is 0. The molecule has 3 aromatic carbocycles. The predicted molar refractivity (Wildman–Crippen MR) is 123 cm³/mol. The zero-order valence-corrected chi connectivity index (χ0v) is 17.7. The molecule has 0 aliphatic heterocycles. The van der Waals surface area contributed by atoms with Gasteiger partial charge in [0.1, 0.15) is 0 Å². The molecule has 0 spiro atoms. The van der Waals surface area contributed by atoms with Gasteiger partial charge in [-0.1, -0.05) is 54.6 Å². The summed E-state index contributed by atoms with van der Waals surface area (Å²) in [4.78, 5) is 0. The van der Waals surface area contributed by atoms with E-state index >= 15 is 0 Å². The van der Waals surface area contributed by atoms with Crippen molar-refractivity contribution in [2.24, 2.45) is 0 Å². The van der Waals surface area contributed by atoms with E-state index in [-0.39, 0.29) is 0 Å². The number of hydrogen-bond acceptors (Lipinski definition) is 4. The average Bonchev–Trinajstić information content (AvgIpc) is 2.81. The van der Waals surface area contributed by atoms with E-state index in [1.54, 1.807) is 28.4 Å². The molecule has 4 heteroatoms. The molecular formula is C26H26O4. The van der Waals surface area contributed by atoms with Gasteiger partial charge in [-0.15, -0.1) is 0 Å². The van der Waals surface area contributed by atoms with Crippen molar-refractivity contribution < 1.29 is 18.9 Å². The molecule has 0 fully saturated rings. The predicted octanol–water partition coefficient (Wildman–Crippen LogP) is 6.06. The molecule has 0 atom stereocenters. The molecular weight excluding hydrogens is 376 g/mol. The van der Waals surface area contributed by atoms with Crippen LogP contribution in [0.15, 0.2) is 60.7 Å². The second kappa shape index (κ2) is 10.2. The van der Waals surface area contributed by atoms with Crippen molar-refractivity contribution in [3.05, 3.63) is 82.9 Å². The van der Waals surface area contributed by atoms with Crippen LogP contribution >= 0.6 is 0 Å². The van der Waals surface area contributed by atoms with Gasteiger partial charge in [-0.3, -0.25) is 0 Å². The number of methoxy groups -OCH3 is 4. The summed E-state index contributed by atoms with van der Waals surface area (Å²) in [5.41, 5.74) is 4.30. The van der Waals surface area contributed by atoms with Crippen molar-refractivity contribution in [2.45, 2.75) is 0 Å². The third-order valence-corrected chi connectivity index (χ3v) is 4.66. The van der Waals surface area contributed by atoms with Gasteiger partial charge in [0.15, 0.2) is 23.0 Å². The minimum absolute atomic E-state index is 0.714. The van der Waals surface area contributed by atoms with Crippen LogP contribution in [-0.2, 0) is 0 Å². The van der Waals surface area contributed by atoms with Crippen LogP contribution in [0.3, 0.4) is 0 Å². The van der Waals surface area contributed by atoms with Crippen molar-refractivity contribution in [1.29, 1.82) is 0 Å². The molecule has 0 saturated carbocycles. The third-order valence-electron chi connectivity index (χ3n) is 4.66. The van der Waals surface area contributed by atoms with Gasteiger partial charge in [0, 0.05) is 0 Å². The maximum absolute atomic E-state index is 5.37. The van der Waals surface area contributed by atoms with Gasteiger partial charge in [-0.25, -0.2) is 0 Å². The van der Waals surface area contributed by atoms with Gasteiger partial charge in [0.2, 0.25) is 0 Å². The van der Waals surface area contributed by atoms with E-state index in [0.29, 0.717) is 11.5 Å². The van der Waals surface area contributed by atoms with Crippen LogP contribution in [0, 0.1) is 0 Å². The normalized spacial score (nSPS) is 11.1. The first-order valence-electron chi connectivity index (χ1n) is 9.57. The summed E-state index contributed by atoms with van der Waals surface area (Å²) in [6.07, 6.45) is 8.27. The molecule has 0 heterocycles. The van der Waals surface area contributed by atoms with Crippen molar-refractivity contribution in [3.8, 4) is 23.0 Å². The third kappa shape index (κ3) is 5.23. The van der Waals surface area contributed by atoms with Crippen LogP contribution in [0.1, 0.15) is 22.3 Å². The summed E-state index contributed by atoms with van der Waals surface area (Å²) >= 11 is 0. The Morgan fingerprint density at radius 2 is 0.800 bits per heavy atom. The van der Waals surface area contributed by atoms with Crippen LogP contribution < -0.4 is 18.9 Å². The highest BCUT2D eigenvalue weighted by atomic mass is 16.5. The minimum atomic E-state index is 0.714. The van der Waals surface area contributed by atoms with E-state index in [9.17, 15) is 0 Å². The van der Waals surface area contributed by atoms with E-state index < -0.39 is 0 Å². The monoisotopic (exact) mass is 402 g/mol. The molecule has 154 valence electrons. The SMILES string of the molecule is COc1ccc(C=Cc2cccc(C=Cc3ccc(OC)c(OC)c3)c2)cc1OC. The molecule has 0 radical (unpaired) electrons. The van der Waals surface area contributed by atoms with E-state index in [0.717, 1.165) is 33.8 Å². The lowest BCUT2D eigenvalue weighted by Gasteiger charge is -2.07. The summed E-state index contributed by atoms with van der Waals surface area (Å²) in [6.45, 7) is 0. The number of ether oxygens (including phenoxy) is 4. The van der Waals surface area contributed by atoms with Gasteiger partial charge < -0.3 is 18.9 Å². The Bertz CT molecular complexity index is 970. The molecule has 4 nitrogen and oxygen atoms in total. The molecule has 30 heavy (non-hydrogen) atoms. The zero-order valence-electron chi connectivity index (χ0n) is 17.7. The molecule has 3 aromatic rings. The summed E-state index contributed by atoms with van der Waals surface area (Å²) in [7, 11) is 6.54. The quantitative estimate of drug-likeness (QED) is 0.429. The molecule has 0 bridgehead atoms. The highest BCUT2D eigenvalue weighted by Crippen LogP contribution is 2.29. The first-order valence-corrected chi connectivity index (χ1v) is 9.57. The lowest BCUT2D eigenvalue weighted by Crippen LogP contribution is -1.90. The average molecular weight is 402 g/mol. The van der Waals surface area contributed by atoms with Gasteiger partial charge >= 0.3 is 0 Å². The smallest absolute Gasteiger partial charge is 0.161 e. The Labute approximate surface area is 178 Å². The van der Waals surface area contributed by atoms with E-state index in [2.05, 4.69) is 42.5 Å². The number of hydrogen-bond donors (Lipinski definition) is 0. The summed E-state index contributed by atoms with van der Waals surface area (Å²) < 4.78 is 21.3. The topological polar surface area (TPSA) is 36.9 Å². The van der Waals surface area contributed by atoms with Gasteiger partial charge in [0.05, 0.1) is 28.4 Å². The molecule has 0 amide bonds. The van der Waals surface area contributed by atoms with Crippen LogP contribution in [0.2, 0.25) is 0 Å². The van der Waals surface area contributed by atoms with Crippen molar-refractivity contribution in [3.63, 3.8) is 0 Å². The first kappa shape index (κ1) is 21.1. The molecule has 0 aliphatic carbocycles. The number of benzene rings is 3. The highest BCUT2D eigenvalue weighted by molar-refractivity contribution is 5.75. The van der Waals surface area contributed by atoms with Gasteiger partial charge in [0.25, 0.3) is 0 Å². The fraction of sp³-hybridized carbons (Fsp3) is 0.154. The molecule has 0 aliphatic rings.